The highest BCUT2D eigenvalue weighted by Gasteiger charge is 2.20. The van der Waals surface area contributed by atoms with E-state index in [-0.39, 0.29) is 18.4 Å². The van der Waals surface area contributed by atoms with Crippen LogP contribution < -0.4 is 10.1 Å². The normalized spacial score (nSPS) is 12.2. The van der Waals surface area contributed by atoms with E-state index in [1.54, 1.807) is 14.0 Å². The fourth-order valence-corrected chi connectivity index (χ4v) is 2.27. The zero-order valence-corrected chi connectivity index (χ0v) is 15.8. The van der Waals surface area contributed by atoms with Gasteiger partial charge in [0, 0.05) is 12.5 Å². The Morgan fingerprint density at radius 1 is 1.16 bits per heavy atom. The molecule has 0 radical (unpaired) electrons. The van der Waals surface area contributed by atoms with Crippen molar-refractivity contribution in [3.05, 3.63) is 29.8 Å². The summed E-state index contributed by atoms with van der Waals surface area (Å²) in [6.45, 7) is 7.55. The third-order valence-electron chi connectivity index (χ3n) is 3.36. The van der Waals surface area contributed by atoms with Crippen LogP contribution >= 0.6 is 0 Å². The first kappa shape index (κ1) is 20.8. The van der Waals surface area contributed by atoms with E-state index in [2.05, 4.69) is 5.32 Å². The molecule has 1 unspecified atom stereocenters. The summed E-state index contributed by atoms with van der Waals surface area (Å²) in [5, 5.41) is 2.85. The summed E-state index contributed by atoms with van der Waals surface area (Å²) in [5.41, 5.74) is 0.460. The molecule has 140 valence electrons. The van der Waals surface area contributed by atoms with Gasteiger partial charge in [-0.1, -0.05) is 12.1 Å². The number of methoxy groups -OCH3 is 1. The van der Waals surface area contributed by atoms with Crippen LogP contribution in [0.5, 0.6) is 5.75 Å². The summed E-state index contributed by atoms with van der Waals surface area (Å²) in [7, 11) is 1.61. The third-order valence-corrected chi connectivity index (χ3v) is 3.36. The van der Waals surface area contributed by atoms with E-state index in [1.807, 2.05) is 45.0 Å². The monoisotopic (exact) mass is 351 g/mol. The van der Waals surface area contributed by atoms with E-state index < -0.39 is 11.7 Å². The molecule has 1 atom stereocenters. The maximum absolute atomic E-state index is 12.1. The Morgan fingerprint density at radius 2 is 1.80 bits per heavy atom. The molecule has 0 saturated carbocycles. The van der Waals surface area contributed by atoms with Gasteiger partial charge in [-0.05, 0) is 58.2 Å². The quantitative estimate of drug-likeness (QED) is 0.726. The summed E-state index contributed by atoms with van der Waals surface area (Å²) in [6.07, 6.45) is 0.812. The first-order valence-electron chi connectivity index (χ1n) is 8.51. The van der Waals surface area contributed by atoms with Crippen LogP contribution in [0.4, 0.5) is 4.79 Å². The predicted octanol–water partition coefficient (Wildman–Crippen LogP) is 3.47. The number of rotatable bonds is 8. The van der Waals surface area contributed by atoms with Gasteiger partial charge in [-0.3, -0.25) is 4.79 Å². The van der Waals surface area contributed by atoms with Gasteiger partial charge in [0.25, 0.3) is 0 Å². The highest BCUT2D eigenvalue weighted by atomic mass is 16.6. The molecule has 6 nitrogen and oxygen atoms in total. The molecule has 6 heteroatoms. The average molecular weight is 351 g/mol. The zero-order valence-electron chi connectivity index (χ0n) is 15.8. The van der Waals surface area contributed by atoms with Crippen molar-refractivity contribution in [3.8, 4) is 5.75 Å². The molecular weight excluding hydrogens is 322 g/mol. The highest BCUT2D eigenvalue weighted by Crippen LogP contribution is 2.15. The van der Waals surface area contributed by atoms with Crippen LogP contribution in [0.25, 0.3) is 0 Å². The summed E-state index contributed by atoms with van der Waals surface area (Å²) in [6, 6.07) is 7.38. The molecule has 25 heavy (non-hydrogen) atoms. The molecule has 1 amide bonds. The van der Waals surface area contributed by atoms with Gasteiger partial charge in [0.2, 0.25) is 0 Å². The van der Waals surface area contributed by atoms with Crippen LogP contribution in [0.3, 0.4) is 0 Å². The zero-order chi connectivity index (χ0) is 18.9. The molecule has 0 aliphatic rings. The van der Waals surface area contributed by atoms with Gasteiger partial charge in [0.1, 0.15) is 11.4 Å². The molecule has 1 N–H and O–H groups in total. The second kappa shape index (κ2) is 9.91. The minimum absolute atomic E-state index is 0.229. The van der Waals surface area contributed by atoms with Gasteiger partial charge >= 0.3 is 12.1 Å². The van der Waals surface area contributed by atoms with Crippen LogP contribution in [0.15, 0.2) is 24.3 Å². The van der Waals surface area contributed by atoms with Crippen LogP contribution in [0.1, 0.15) is 46.1 Å². The van der Waals surface area contributed by atoms with Gasteiger partial charge in [0.05, 0.1) is 13.7 Å². The lowest BCUT2D eigenvalue weighted by atomic mass is 10.0. The summed E-state index contributed by atoms with van der Waals surface area (Å²) in [4.78, 5) is 23.7. The van der Waals surface area contributed by atoms with Crippen LogP contribution in [-0.4, -0.2) is 37.4 Å². The average Bonchev–Trinajstić information content (AvgIpc) is 2.52. The first-order chi connectivity index (χ1) is 11.7. The van der Waals surface area contributed by atoms with E-state index >= 15 is 0 Å². The number of benzene rings is 1. The van der Waals surface area contributed by atoms with Crippen molar-refractivity contribution in [1.82, 2.24) is 5.32 Å². The number of carbonyl (C=O) groups is 2. The Hall–Kier alpha value is -2.24. The van der Waals surface area contributed by atoms with E-state index in [1.165, 1.54) is 0 Å². The lowest BCUT2D eigenvalue weighted by Crippen LogP contribution is -2.40. The molecule has 0 heterocycles. The second-order valence-electron chi connectivity index (χ2n) is 6.74. The summed E-state index contributed by atoms with van der Waals surface area (Å²) < 4.78 is 15.4. The molecule has 0 spiro atoms. The Morgan fingerprint density at radius 3 is 2.32 bits per heavy atom. The number of carbonyl (C=O) groups excluding carboxylic acids is 2. The summed E-state index contributed by atoms with van der Waals surface area (Å²) >= 11 is 0. The Labute approximate surface area is 149 Å². The van der Waals surface area contributed by atoms with Crippen LogP contribution in [-0.2, 0) is 20.7 Å². The number of nitrogens with one attached hydrogen (secondary N) is 1. The molecule has 0 aliphatic heterocycles. The number of esters is 1. The SMILES string of the molecule is CCOC(=O)CCC(Cc1ccc(OC)cc1)NC(=O)OC(C)(C)C. The lowest BCUT2D eigenvalue weighted by Gasteiger charge is -2.23. The fourth-order valence-electron chi connectivity index (χ4n) is 2.27. The molecule has 1 aromatic carbocycles. The number of hydrogen-bond acceptors (Lipinski definition) is 5. The van der Waals surface area contributed by atoms with Gasteiger partial charge in [-0.15, -0.1) is 0 Å². The van der Waals surface area contributed by atoms with Crippen molar-refractivity contribution < 1.29 is 23.8 Å². The van der Waals surface area contributed by atoms with Crippen molar-refractivity contribution in [2.24, 2.45) is 0 Å². The third kappa shape index (κ3) is 8.98. The topological polar surface area (TPSA) is 73.9 Å². The molecule has 1 aromatic rings. The molecular formula is C19H29NO5. The van der Waals surface area contributed by atoms with E-state index in [9.17, 15) is 9.59 Å². The minimum atomic E-state index is -0.574. The number of amides is 1. The van der Waals surface area contributed by atoms with Crippen molar-refractivity contribution in [1.29, 1.82) is 0 Å². The Balaban J connectivity index is 2.71. The van der Waals surface area contributed by atoms with Gasteiger partial charge in [0.15, 0.2) is 0 Å². The number of hydrogen-bond donors (Lipinski definition) is 1. The second-order valence-corrected chi connectivity index (χ2v) is 6.74. The summed E-state index contributed by atoms with van der Waals surface area (Å²) in [5.74, 6) is 0.500. The largest absolute Gasteiger partial charge is 0.497 e. The van der Waals surface area contributed by atoms with Gasteiger partial charge < -0.3 is 19.5 Å². The van der Waals surface area contributed by atoms with E-state index in [0.29, 0.717) is 19.4 Å². The highest BCUT2D eigenvalue weighted by molar-refractivity contribution is 5.70. The number of ether oxygens (including phenoxy) is 3. The Bertz CT molecular complexity index is 548. The molecule has 0 saturated heterocycles. The molecule has 0 aliphatic carbocycles. The maximum Gasteiger partial charge on any atom is 0.407 e. The molecule has 0 bridgehead atoms. The molecule has 0 fully saturated rings. The van der Waals surface area contributed by atoms with Crippen molar-refractivity contribution in [2.45, 2.75) is 58.6 Å². The van der Waals surface area contributed by atoms with E-state index in [4.69, 9.17) is 14.2 Å². The maximum atomic E-state index is 12.1. The standard InChI is InChI=1S/C19H29NO5/c1-6-24-17(21)12-9-15(20-18(22)25-19(2,3)4)13-14-7-10-16(23-5)11-8-14/h7-8,10-11,15H,6,9,12-13H2,1-5H3,(H,20,22). The van der Waals surface area contributed by atoms with E-state index in [0.717, 1.165) is 11.3 Å². The molecule has 0 aromatic heterocycles. The van der Waals surface area contributed by atoms with Crippen molar-refractivity contribution in [2.75, 3.05) is 13.7 Å². The first-order valence-corrected chi connectivity index (χ1v) is 8.51. The van der Waals surface area contributed by atoms with Crippen molar-refractivity contribution in [3.63, 3.8) is 0 Å². The number of alkyl carbamates (subject to hydrolysis) is 1. The molecule has 1 rings (SSSR count). The fraction of sp³-hybridized carbons (Fsp3) is 0.579. The lowest BCUT2D eigenvalue weighted by molar-refractivity contribution is -0.143. The van der Waals surface area contributed by atoms with Gasteiger partial charge in [-0.25, -0.2) is 4.79 Å². The smallest absolute Gasteiger partial charge is 0.407 e. The minimum Gasteiger partial charge on any atom is -0.497 e. The van der Waals surface area contributed by atoms with Gasteiger partial charge in [-0.2, -0.15) is 0 Å². The van der Waals surface area contributed by atoms with Crippen molar-refractivity contribution >= 4 is 12.1 Å². The van der Waals surface area contributed by atoms with Crippen LogP contribution in [0, 0.1) is 0 Å². The van der Waals surface area contributed by atoms with Crippen LogP contribution in [0.2, 0.25) is 0 Å². The predicted molar refractivity (Wildman–Crippen MR) is 95.7 cm³/mol. The Kier molecular flexibility index (Phi) is 8.25.